The molecule has 0 spiro atoms. The molecular formula is C13H23N3S. The van der Waals surface area contributed by atoms with E-state index in [1.165, 1.54) is 43.2 Å². The van der Waals surface area contributed by atoms with Gasteiger partial charge in [0.05, 0.1) is 5.69 Å². The van der Waals surface area contributed by atoms with Crippen molar-refractivity contribution in [1.29, 1.82) is 0 Å². The van der Waals surface area contributed by atoms with Crippen molar-refractivity contribution in [3.8, 4) is 0 Å². The van der Waals surface area contributed by atoms with Gasteiger partial charge in [0.25, 0.3) is 0 Å². The summed E-state index contributed by atoms with van der Waals surface area (Å²) in [5.41, 5.74) is 1.19. The van der Waals surface area contributed by atoms with Crippen molar-refractivity contribution in [3.63, 3.8) is 0 Å². The molecule has 17 heavy (non-hydrogen) atoms. The first kappa shape index (κ1) is 12.8. The van der Waals surface area contributed by atoms with Crippen molar-refractivity contribution in [2.45, 2.75) is 39.7 Å². The zero-order chi connectivity index (χ0) is 12.1. The van der Waals surface area contributed by atoms with E-state index in [-0.39, 0.29) is 0 Å². The van der Waals surface area contributed by atoms with Gasteiger partial charge in [-0.15, -0.1) is 11.3 Å². The van der Waals surface area contributed by atoms with E-state index >= 15 is 0 Å². The fourth-order valence-corrected chi connectivity index (χ4v) is 2.99. The highest BCUT2D eigenvalue weighted by Gasteiger charge is 2.18. The van der Waals surface area contributed by atoms with E-state index < -0.39 is 0 Å². The van der Waals surface area contributed by atoms with Gasteiger partial charge in [0, 0.05) is 25.0 Å². The lowest BCUT2D eigenvalue weighted by Crippen LogP contribution is -2.32. The lowest BCUT2D eigenvalue weighted by Gasteiger charge is -2.29. The second kappa shape index (κ2) is 6.36. The molecule has 2 heterocycles. The number of rotatable bonds is 5. The van der Waals surface area contributed by atoms with Gasteiger partial charge in [-0.2, -0.15) is 0 Å². The topological polar surface area (TPSA) is 28.2 Å². The smallest absolute Gasteiger partial charge is 0.185 e. The maximum Gasteiger partial charge on any atom is 0.185 e. The van der Waals surface area contributed by atoms with Crippen molar-refractivity contribution in [2.75, 3.05) is 24.5 Å². The van der Waals surface area contributed by atoms with E-state index in [9.17, 15) is 0 Å². The Morgan fingerprint density at radius 3 is 2.94 bits per heavy atom. The van der Waals surface area contributed by atoms with Gasteiger partial charge in [0.1, 0.15) is 0 Å². The van der Waals surface area contributed by atoms with Crippen molar-refractivity contribution in [2.24, 2.45) is 5.92 Å². The molecule has 1 aromatic rings. The molecule has 96 valence electrons. The number of thiazole rings is 1. The Kier molecular flexibility index (Phi) is 4.80. The second-order valence-corrected chi connectivity index (χ2v) is 5.80. The molecule has 0 unspecified atom stereocenters. The molecule has 0 atom stereocenters. The third kappa shape index (κ3) is 3.68. The molecular weight excluding hydrogens is 230 g/mol. The number of hydrogen-bond acceptors (Lipinski definition) is 4. The number of piperidine rings is 1. The van der Waals surface area contributed by atoms with Crippen LogP contribution in [0.3, 0.4) is 0 Å². The first-order chi connectivity index (χ1) is 8.29. The number of nitrogens with one attached hydrogen (secondary N) is 1. The Morgan fingerprint density at radius 1 is 1.47 bits per heavy atom. The molecule has 0 saturated carbocycles. The molecule has 2 rings (SSSR count). The molecule has 1 saturated heterocycles. The number of hydrogen-bond donors (Lipinski definition) is 1. The fraction of sp³-hybridized carbons (Fsp3) is 0.769. The SMILES string of the molecule is CCCNCc1csc(N2CCC(C)CC2)n1. The molecule has 4 heteroatoms. The molecule has 0 bridgehead atoms. The van der Waals surface area contributed by atoms with Crippen LogP contribution in [0.25, 0.3) is 0 Å². The molecule has 0 radical (unpaired) electrons. The molecule has 1 aliphatic rings. The van der Waals surface area contributed by atoms with Crippen LogP contribution in [-0.2, 0) is 6.54 Å². The maximum atomic E-state index is 4.71. The normalized spacial score (nSPS) is 17.6. The summed E-state index contributed by atoms with van der Waals surface area (Å²) < 4.78 is 0. The van der Waals surface area contributed by atoms with Crippen LogP contribution in [0.1, 0.15) is 38.8 Å². The Hall–Kier alpha value is -0.610. The van der Waals surface area contributed by atoms with Gasteiger partial charge in [0.15, 0.2) is 5.13 Å². The highest BCUT2D eigenvalue weighted by Crippen LogP contribution is 2.25. The summed E-state index contributed by atoms with van der Waals surface area (Å²) in [4.78, 5) is 7.15. The summed E-state index contributed by atoms with van der Waals surface area (Å²) in [5.74, 6) is 0.886. The monoisotopic (exact) mass is 253 g/mol. The lowest BCUT2D eigenvalue weighted by atomic mass is 10.00. The van der Waals surface area contributed by atoms with Gasteiger partial charge in [-0.05, 0) is 31.7 Å². The van der Waals surface area contributed by atoms with E-state index in [4.69, 9.17) is 4.98 Å². The average Bonchev–Trinajstić information content (AvgIpc) is 2.79. The van der Waals surface area contributed by atoms with Crippen molar-refractivity contribution in [1.82, 2.24) is 10.3 Å². The van der Waals surface area contributed by atoms with E-state index in [1.54, 1.807) is 11.3 Å². The van der Waals surface area contributed by atoms with Crippen LogP contribution in [0.5, 0.6) is 0 Å². The van der Waals surface area contributed by atoms with Gasteiger partial charge in [-0.25, -0.2) is 4.98 Å². The van der Waals surface area contributed by atoms with Gasteiger partial charge >= 0.3 is 0 Å². The Labute approximate surface area is 108 Å². The second-order valence-electron chi connectivity index (χ2n) is 4.97. The number of nitrogens with zero attached hydrogens (tertiary/aromatic N) is 2. The quantitative estimate of drug-likeness (QED) is 0.818. The van der Waals surface area contributed by atoms with E-state index in [0.29, 0.717) is 0 Å². The summed E-state index contributed by atoms with van der Waals surface area (Å²) in [6.45, 7) is 8.88. The number of anilines is 1. The molecule has 1 aliphatic heterocycles. The molecule has 1 aromatic heterocycles. The molecule has 0 aliphatic carbocycles. The van der Waals surface area contributed by atoms with Crippen LogP contribution >= 0.6 is 11.3 Å². The standard InChI is InChI=1S/C13H23N3S/c1-3-6-14-9-12-10-17-13(15-12)16-7-4-11(2)5-8-16/h10-11,14H,3-9H2,1-2H3. The Bertz CT molecular complexity index is 329. The van der Waals surface area contributed by atoms with Crippen LogP contribution in [0.2, 0.25) is 0 Å². The fourth-order valence-electron chi connectivity index (χ4n) is 2.12. The maximum absolute atomic E-state index is 4.71. The van der Waals surface area contributed by atoms with Crippen LogP contribution in [0, 0.1) is 5.92 Å². The summed E-state index contributed by atoms with van der Waals surface area (Å²) in [5, 5.41) is 6.80. The van der Waals surface area contributed by atoms with Crippen LogP contribution < -0.4 is 10.2 Å². The van der Waals surface area contributed by atoms with Gasteiger partial charge in [-0.1, -0.05) is 13.8 Å². The minimum Gasteiger partial charge on any atom is -0.348 e. The summed E-state index contributed by atoms with van der Waals surface area (Å²) in [6.07, 6.45) is 3.80. The Balaban J connectivity index is 1.85. The zero-order valence-corrected chi connectivity index (χ0v) is 11.7. The molecule has 0 aromatic carbocycles. The van der Waals surface area contributed by atoms with Crippen LogP contribution in [0.15, 0.2) is 5.38 Å². The zero-order valence-electron chi connectivity index (χ0n) is 10.9. The highest BCUT2D eigenvalue weighted by molar-refractivity contribution is 7.13. The minimum atomic E-state index is 0.886. The molecule has 1 N–H and O–H groups in total. The highest BCUT2D eigenvalue weighted by atomic mass is 32.1. The summed E-state index contributed by atoms with van der Waals surface area (Å²) >= 11 is 1.79. The molecule has 3 nitrogen and oxygen atoms in total. The van der Waals surface area contributed by atoms with Gasteiger partial charge < -0.3 is 10.2 Å². The first-order valence-electron chi connectivity index (χ1n) is 6.69. The van der Waals surface area contributed by atoms with E-state index in [0.717, 1.165) is 19.0 Å². The van der Waals surface area contributed by atoms with Crippen molar-refractivity contribution >= 4 is 16.5 Å². The third-order valence-corrected chi connectivity index (χ3v) is 4.28. The van der Waals surface area contributed by atoms with Crippen molar-refractivity contribution in [3.05, 3.63) is 11.1 Å². The predicted molar refractivity (Wildman–Crippen MR) is 74.7 cm³/mol. The van der Waals surface area contributed by atoms with Crippen LogP contribution in [0.4, 0.5) is 5.13 Å². The van der Waals surface area contributed by atoms with Gasteiger partial charge in [0.2, 0.25) is 0 Å². The summed E-state index contributed by atoms with van der Waals surface area (Å²) in [6, 6.07) is 0. The summed E-state index contributed by atoms with van der Waals surface area (Å²) in [7, 11) is 0. The van der Waals surface area contributed by atoms with Gasteiger partial charge in [-0.3, -0.25) is 0 Å². The first-order valence-corrected chi connectivity index (χ1v) is 7.57. The van der Waals surface area contributed by atoms with E-state index in [1.807, 2.05) is 0 Å². The van der Waals surface area contributed by atoms with Crippen molar-refractivity contribution < 1.29 is 0 Å². The average molecular weight is 253 g/mol. The Morgan fingerprint density at radius 2 is 2.24 bits per heavy atom. The minimum absolute atomic E-state index is 0.886. The van der Waals surface area contributed by atoms with Crippen LogP contribution in [-0.4, -0.2) is 24.6 Å². The predicted octanol–water partition coefficient (Wildman–Crippen LogP) is 2.88. The molecule has 1 fully saturated rings. The third-order valence-electron chi connectivity index (χ3n) is 3.33. The molecule has 0 amide bonds. The number of aromatic nitrogens is 1. The largest absolute Gasteiger partial charge is 0.348 e. The lowest BCUT2D eigenvalue weighted by molar-refractivity contribution is 0.438. The van der Waals surface area contributed by atoms with E-state index in [2.05, 4.69) is 29.4 Å².